The monoisotopic (exact) mass is 346 g/mol. The SMILES string of the molecule is O=C(COc1c(Cl)cc(Cl)cc1[N+](=O)[O-])NC1CCCCC1. The molecule has 0 bridgehead atoms. The Kier molecular flexibility index (Phi) is 5.85. The van der Waals surface area contributed by atoms with Crippen molar-refractivity contribution in [2.45, 2.75) is 38.1 Å². The van der Waals surface area contributed by atoms with E-state index in [-0.39, 0.29) is 40.0 Å². The Balaban J connectivity index is 1.98. The Labute approximate surface area is 137 Å². The van der Waals surface area contributed by atoms with Gasteiger partial charge in [0.1, 0.15) is 0 Å². The molecule has 0 radical (unpaired) electrons. The molecule has 0 aromatic heterocycles. The molecule has 0 saturated heterocycles. The lowest BCUT2D eigenvalue weighted by Gasteiger charge is -2.22. The molecule has 0 heterocycles. The Morgan fingerprint density at radius 2 is 2.00 bits per heavy atom. The number of hydrogen-bond acceptors (Lipinski definition) is 4. The predicted molar refractivity (Wildman–Crippen MR) is 83.6 cm³/mol. The second-order valence-corrected chi connectivity index (χ2v) is 6.03. The highest BCUT2D eigenvalue weighted by Crippen LogP contribution is 2.37. The number of carbonyl (C=O) groups is 1. The lowest BCUT2D eigenvalue weighted by Crippen LogP contribution is -2.39. The lowest BCUT2D eigenvalue weighted by molar-refractivity contribution is -0.385. The largest absolute Gasteiger partial charge is 0.476 e. The number of amides is 1. The van der Waals surface area contributed by atoms with Crippen LogP contribution < -0.4 is 10.1 Å². The van der Waals surface area contributed by atoms with Gasteiger partial charge in [-0.25, -0.2) is 0 Å². The highest BCUT2D eigenvalue weighted by atomic mass is 35.5. The molecule has 2 rings (SSSR count). The molecule has 1 N–H and O–H groups in total. The Bertz CT molecular complexity index is 574. The first-order chi connectivity index (χ1) is 10.5. The molecule has 1 aliphatic carbocycles. The van der Waals surface area contributed by atoms with Crippen LogP contribution in [-0.2, 0) is 4.79 Å². The minimum atomic E-state index is -0.647. The van der Waals surface area contributed by atoms with Crippen molar-refractivity contribution in [2.75, 3.05) is 6.61 Å². The fraction of sp³-hybridized carbons (Fsp3) is 0.500. The van der Waals surface area contributed by atoms with E-state index in [0.717, 1.165) is 31.7 Å². The van der Waals surface area contributed by atoms with Gasteiger partial charge in [-0.3, -0.25) is 14.9 Å². The van der Waals surface area contributed by atoms with Gasteiger partial charge in [-0.05, 0) is 18.9 Å². The molecule has 0 aliphatic heterocycles. The van der Waals surface area contributed by atoms with E-state index in [1.165, 1.54) is 12.5 Å². The molecule has 0 unspecified atom stereocenters. The molecule has 1 amide bonds. The van der Waals surface area contributed by atoms with Crippen LogP contribution in [0.1, 0.15) is 32.1 Å². The summed E-state index contributed by atoms with van der Waals surface area (Å²) in [6.45, 7) is -0.321. The smallest absolute Gasteiger partial charge is 0.314 e. The summed E-state index contributed by atoms with van der Waals surface area (Å²) in [6.07, 6.45) is 5.29. The highest BCUT2D eigenvalue weighted by Gasteiger charge is 2.22. The molecule has 120 valence electrons. The zero-order chi connectivity index (χ0) is 16.1. The summed E-state index contributed by atoms with van der Waals surface area (Å²) >= 11 is 11.6. The van der Waals surface area contributed by atoms with Crippen molar-refractivity contribution < 1.29 is 14.5 Å². The number of carbonyl (C=O) groups excluding carboxylic acids is 1. The van der Waals surface area contributed by atoms with Crippen LogP contribution in [0, 0.1) is 10.1 Å². The molecule has 0 atom stereocenters. The van der Waals surface area contributed by atoms with Crippen molar-refractivity contribution in [1.29, 1.82) is 0 Å². The molecule has 1 fully saturated rings. The Hall–Kier alpha value is -1.53. The average molecular weight is 347 g/mol. The third-order valence-corrected chi connectivity index (χ3v) is 4.00. The molecule has 8 heteroatoms. The molecule has 6 nitrogen and oxygen atoms in total. The number of benzene rings is 1. The molecule has 1 aromatic rings. The van der Waals surface area contributed by atoms with E-state index < -0.39 is 4.92 Å². The van der Waals surface area contributed by atoms with Crippen LogP contribution in [0.15, 0.2) is 12.1 Å². The molecule has 0 spiro atoms. The normalized spacial score (nSPS) is 15.4. The van der Waals surface area contributed by atoms with Crippen molar-refractivity contribution in [3.05, 3.63) is 32.3 Å². The number of nitrogens with zero attached hydrogens (tertiary/aromatic N) is 1. The second-order valence-electron chi connectivity index (χ2n) is 5.18. The summed E-state index contributed by atoms with van der Waals surface area (Å²) < 4.78 is 5.24. The number of ether oxygens (including phenoxy) is 1. The van der Waals surface area contributed by atoms with Gasteiger partial charge in [0.25, 0.3) is 5.91 Å². The number of nitrogens with one attached hydrogen (secondary N) is 1. The fourth-order valence-corrected chi connectivity index (χ4v) is 3.02. The molecule has 22 heavy (non-hydrogen) atoms. The summed E-state index contributed by atoms with van der Waals surface area (Å²) in [7, 11) is 0. The third kappa shape index (κ3) is 4.48. The summed E-state index contributed by atoms with van der Waals surface area (Å²) in [5.74, 6) is -0.456. The highest BCUT2D eigenvalue weighted by molar-refractivity contribution is 6.36. The van der Waals surface area contributed by atoms with Crippen LogP contribution in [-0.4, -0.2) is 23.5 Å². The molecule has 1 aromatic carbocycles. The van der Waals surface area contributed by atoms with Gasteiger partial charge in [-0.1, -0.05) is 42.5 Å². The van der Waals surface area contributed by atoms with Crippen LogP contribution in [0.3, 0.4) is 0 Å². The van der Waals surface area contributed by atoms with Crippen LogP contribution in [0.2, 0.25) is 10.0 Å². The molecule has 1 saturated carbocycles. The molecule has 1 aliphatic rings. The van der Waals surface area contributed by atoms with Crippen molar-refractivity contribution >= 4 is 34.8 Å². The fourth-order valence-electron chi connectivity index (χ4n) is 2.48. The average Bonchev–Trinajstić information content (AvgIpc) is 2.46. The number of nitro benzene ring substituents is 1. The number of nitro groups is 1. The van der Waals surface area contributed by atoms with Crippen LogP contribution in [0.5, 0.6) is 5.75 Å². The first-order valence-corrected chi connectivity index (χ1v) is 7.78. The number of rotatable bonds is 5. The second kappa shape index (κ2) is 7.65. The van der Waals surface area contributed by atoms with Crippen LogP contribution in [0.4, 0.5) is 5.69 Å². The van der Waals surface area contributed by atoms with Gasteiger partial charge in [0.2, 0.25) is 5.75 Å². The Morgan fingerprint density at radius 1 is 1.32 bits per heavy atom. The lowest BCUT2D eigenvalue weighted by atomic mass is 9.95. The topological polar surface area (TPSA) is 81.5 Å². The van der Waals surface area contributed by atoms with E-state index in [1.54, 1.807) is 0 Å². The van der Waals surface area contributed by atoms with Crippen LogP contribution in [0.25, 0.3) is 0 Å². The number of hydrogen-bond donors (Lipinski definition) is 1. The van der Waals surface area contributed by atoms with Crippen molar-refractivity contribution in [1.82, 2.24) is 5.32 Å². The number of halogens is 2. The summed E-state index contributed by atoms with van der Waals surface area (Å²) in [5.41, 5.74) is -0.358. The zero-order valence-corrected chi connectivity index (χ0v) is 13.3. The van der Waals surface area contributed by atoms with Gasteiger partial charge in [0.15, 0.2) is 6.61 Å². The summed E-state index contributed by atoms with van der Waals surface area (Å²) in [4.78, 5) is 22.2. The van der Waals surface area contributed by atoms with E-state index in [1.807, 2.05) is 0 Å². The zero-order valence-electron chi connectivity index (χ0n) is 11.8. The van der Waals surface area contributed by atoms with Gasteiger partial charge in [0.05, 0.1) is 9.95 Å². The first kappa shape index (κ1) is 16.8. The van der Waals surface area contributed by atoms with Gasteiger partial charge in [-0.15, -0.1) is 0 Å². The van der Waals surface area contributed by atoms with Gasteiger partial charge >= 0.3 is 5.69 Å². The summed E-state index contributed by atoms with van der Waals surface area (Å²) in [5, 5.41) is 14.0. The van der Waals surface area contributed by atoms with E-state index in [2.05, 4.69) is 5.32 Å². The third-order valence-electron chi connectivity index (χ3n) is 3.50. The van der Waals surface area contributed by atoms with E-state index in [4.69, 9.17) is 27.9 Å². The quantitative estimate of drug-likeness (QED) is 0.650. The minimum absolute atomic E-state index is 0.00432. The van der Waals surface area contributed by atoms with Crippen LogP contribution >= 0.6 is 23.2 Å². The van der Waals surface area contributed by atoms with Gasteiger partial charge < -0.3 is 10.1 Å². The van der Waals surface area contributed by atoms with Crippen molar-refractivity contribution in [2.24, 2.45) is 0 Å². The van der Waals surface area contributed by atoms with E-state index in [9.17, 15) is 14.9 Å². The maximum atomic E-state index is 11.9. The van der Waals surface area contributed by atoms with Crippen molar-refractivity contribution in [3.8, 4) is 5.75 Å². The maximum Gasteiger partial charge on any atom is 0.314 e. The van der Waals surface area contributed by atoms with E-state index >= 15 is 0 Å². The first-order valence-electron chi connectivity index (χ1n) is 7.03. The van der Waals surface area contributed by atoms with Crippen molar-refractivity contribution in [3.63, 3.8) is 0 Å². The molecular formula is C14H16Cl2N2O4. The minimum Gasteiger partial charge on any atom is -0.476 e. The predicted octanol–water partition coefficient (Wildman–Crippen LogP) is 3.73. The standard InChI is InChI=1S/C14H16Cl2N2O4/c15-9-6-11(16)14(12(7-9)18(20)21)22-8-13(19)17-10-4-2-1-3-5-10/h6-7,10H,1-5,8H2,(H,17,19). The van der Waals surface area contributed by atoms with Gasteiger partial charge in [-0.2, -0.15) is 0 Å². The maximum absolute atomic E-state index is 11.9. The van der Waals surface area contributed by atoms with Gasteiger partial charge in [0, 0.05) is 17.1 Å². The Morgan fingerprint density at radius 3 is 2.64 bits per heavy atom. The summed E-state index contributed by atoms with van der Waals surface area (Å²) in [6, 6.07) is 2.63. The van der Waals surface area contributed by atoms with E-state index in [0.29, 0.717) is 0 Å². The molecular weight excluding hydrogens is 331 g/mol.